The van der Waals surface area contributed by atoms with Crippen molar-refractivity contribution in [3.63, 3.8) is 0 Å². The molecule has 9 nitrogen and oxygen atoms in total. The number of amides is 2. The zero-order valence-electron chi connectivity index (χ0n) is 13.9. The molecular weight excluding hydrogens is 362 g/mol. The molecule has 26 heavy (non-hydrogen) atoms. The predicted octanol–water partition coefficient (Wildman–Crippen LogP) is 2.01. The van der Waals surface area contributed by atoms with E-state index in [2.05, 4.69) is 15.6 Å². The van der Waals surface area contributed by atoms with E-state index in [-0.39, 0.29) is 23.5 Å². The third-order valence-corrected chi connectivity index (χ3v) is 4.05. The molecule has 10 heteroatoms. The molecule has 1 aliphatic rings. The van der Waals surface area contributed by atoms with Crippen molar-refractivity contribution in [1.82, 2.24) is 4.98 Å². The third-order valence-electron chi connectivity index (χ3n) is 3.29. The number of benzene rings is 1. The SMILES string of the molecule is CC(=O)Nc1nc(C(=O)OC(C)C(=O)Nc2ccc3c(c2)OCO3)cs1. The van der Waals surface area contributed by atoms with Crippen molar-refractivity contribution in [2.45, 2.75) is 20.0 Å². The molecule has 0 saturated heterocycles. The summed E-state index contributed by atoms with van der Waals surface area (Å²) in [6.07, 6.45) is -1.04. The Morgan fingerprint density at radius 3 is 2.77 bits per heavy atom. The molecule has 1 aromatic heterocycles. The third kappa shape index (κ3) is 4.09. The van der Waals surface area contributed by atoms with Gasteiger partial charge in [0, 0.05) is 24.1 Å². The van der Waals surface area contributed by atoms with Crippen LogP contribution in [0.2, 0.25) is 0 Å². The van der Waals surface area contributed by atoms with Gasteiger partial charge in [-0.05, 0) is 19.1 Å². The first-order chi connectivity index (χ1) is 12.4. The summed E-state index contributed by atoms with van der Waals surface area (Å²) in [6.45, 7) is 2.91. The Labute approximate surface area is 152 Å². The fraction of sp³-hybridized carbons (Fsp3) is 0.250. The molecule has 1 atom stereocenters. The predicted molar refractivity (Wildman–Crippen MR) is 92.5 cm³/mol. The van der Waals surface area contributed by atoms with E-state index in [9.17, 15) is 14.4 Å². The van der Waals surface area contributed by atoms with Crippen molar-refractivity contribution in [3.05, 3.63) is 29.3 Å². The van der Waals surface area contributed by atoms with Gasteiger partial charge in [0.05, 0.1) is 0 Å². The molecule has 0 fully saturated rings. The van der Waals surface area contributed by atoms with Crippen LogP contribution in [0.3, 0.4) is 0 Å². The molecule has 0 spiro atoms. The van der Waals surface area contributed by atoms with Gasteiger partial charge in [-0.1, -0.05) is 0 Å². The van der Waals surface area contributed by atoms with Gasteiger partial charge in [0.1, 0.15) is 0 Å². The zero-order chi connectivity index (χ0) is 18.7. The maximum absolute atomic E-state index is 12.2. The Morgan fingerprint density at radius 2 is 2.00 bits per heavy atom. The van der Waals surface area contributed by atoms with Gasteiger partial charge < -0.3 is 24.8 Å². The van der Waals surface area contributed by atoms with Crippen LogP contribution in [0.5, 0.6) is 11.5 Å². The number of nitrogens with one attached hydrogen (secondary N) is 2. The lowest BCUT2D eigenvalue weighted by Gasteiger charge is -2.13. The molecule has 2 amide bonds. The second-order valence-corrected chi connectivity index (χ2v) is 6.18. The first-order valence-corrected chi connectivity index (χ1v) is 8.45. The minimum Gasteiger partial charge on any atom is -0.454 e. The van der Waals surface area contributed by atoms with Crippen LogP contribution in [0.4, 0.5) is 10.8 Å². The molecule has 0 bridgehead atoms. The average Bonchev–Trinajstić information content (AvgIpc) is 3.22. The lowest BCUT2D eigenvalue weighted by Crippen LogP contribution is -2.30. The van der Waals surface area contributed by atoms with Gasteiger partial charge in [0.25, 0.3) is 5.91 Å². The Hall–Kier alpha value is -3.14. The minimum atomic E-state index is -1.04. The van der Waals surface area contributed by atoms with Crippen LogP contribution in [0, 0.1) is 0 Å². The first-order valence-electron chi connectivity index (χ1n) is 7.57. The second kappa shape index (κ2) is 7.40. The first kappa shape index (κ1) is 17.7. The van der Waals surface area contributed by atoms with Gasteiger partial charge in [-0.15, -0.1) is 11.3 Å². The van der Waals surface area contributed by atoms with E-state index in [0.717, 1.165) is 11.3 Å². The van der Waals surface area contributed by atoms with Gasteiger partial charge in [0.2, 0.25) is 12.7 Å². The lowest BCUT2D eigenvalue weighted by atomic mass is 10.2. The van der Waals surface area contributed by atoms with E-state index in [0.29, 0.717) is 17.2 Å². The summed E-state index contributed by atoms with van der Waals surface area (Å²) in [4.78, 5) is 39.2. The van der Waals surface area contributed by atoms with Gasteiger partial charge in [0.15, 0.2) is 28.4 Å². The van der Waals surface area contributed by atoms with Crippen molar-refractivity contribution >= 4 is 39.9 Å². The van der Waals surface area contributed by atoms with Crippen molar-refractivity contribution in [2.75, 3.05) is 17.4 Å². The van der Waals surface area contributed by atoms with Crippen LogP contribution in [-0.4, -0.2) is 35.7 Å². The van der Waals surface area contributed by atoms with E-state index in [1.165, 1.54) is 19.2 Å². The normalized spacial score (nSPS) is 13.0. The minimum absolute atomic E-state index is 0.0153. The van der Waals surface area contributed by atoms with Crippen LogP contribution in [0.1, 0.15) is 24.3 Å². The van der Waals surface area contributed by atoms with Gasteiger partial charge in [-0.3, -0.25) is 9.59 Å². The van der Waals surface area contributed by atoms with Crippen LogP contribution >= 0.6 is 11.3 Å². The highest BCUT2D eigenvalue weighted by atomic mass is 32.1. The van der Waals surface area contributed by atoms with Gasteiger partial charge >= 0.3 is 5.97 Å². The highest BCUT2D eigenvalue weighted by molar-refractivity contribution is 7.14. The largest absolute Gasteiger partial charge is 0.454 e. The molecule has 136 valence electrons. The molecule has 2 aromatic rings. The fourth-order valence-corrected chi connectivity index (χ4v) is 2.79. The highest BCUT2D eigenvalue weighted by Gasteiger charge is 2.22. The standard InChI is InChI=1S/C16H15N3O6S/c1-8(25-15(22)11-6-26-16(19-11)17-9(2)20)14(21)18-10-3-4-12-13(5-10)24-7-23-12/h3-6,8H,7H2,1-2H3,(H,18,21)(H,17,19,20). The van der Waals surface area contributed by atoms with E-state index < -0.39 is 18.0 Å². The number of hydrogen-bond donors (Lipinski definition) is 2. The van der Waals surface area contributed by atoms with E-state index in [1.807, 2.05) is 0 Å². The van der Waals surface area contributed by atoms with E-state index >= 15 is 0 Å². The molecule has 1 unspecified atom stereocenters. The number of hydrogen-bond acceptors (Lipinski definition) is 8. The molecule has 1 aromatic carbocycles. The Kier molecular flexibility index (Phi) is 5.03. The maximum atomic E-state index is 12.2. The summed E-state index contributed by atoms with van der Waals surface area (Å²) >= 11 is 1.09. The van der Waals surface area contributed by atoms with Crippen molar-refractivity contribution in [1.29, 1.82) is 0 Å². The van der Waals surface area contributed by atoms with Gasteiger partial charge in [-0.25, -0.2) is 9.78 Å². The number of carbonyl (C=O) groups excluding carboxylic acids is 3. The number of fused-ring (bicyclic) bond motifs is 1. The number of rotatable bonds is 5. The highest BCUT2D eigenvalue weighted by Crippen LogP contribution is 2.34. The summed E-state index contributed by atoms with van der Waals surface area (Å²) in [5, 5.41) is 6.82. The zero-order valence-corrected chi connectivity index (χ0v) is 14.7. The average molecular weight is 377 g/mol. The second-order valence-electron chi connectivity index (χ2n) is 5.32. The Bertz CT molecular complexity index is 865. The van der Waals surface area contributed by atoms with Crippen LogP contribution in [-0.2, 0) is 14.3 Å². The Balaban J connectivity index is 1.57. The topological polar surface area (TPSA) is 116 Å². The molecule has 0 saturated carbocycles. The van der Waals surface area contributed by atoms with Crippen LogP contribution in [0.25, 0.3) is 0 Å². The molecule has 3 rings (SSSR count). The number of anilines is 2. The number of carbonyl (C=O) groups is 3. The van der Waals surface area contributed by atoms with E-state index in [4.69, 9.17) is 14.2 Å². The molecule has 1 aliphatic heterocycles. The number of esters is 1. The molecular formula is C16H15N3O6S. The van der Waals surface area contributed by atoms with Gasteiger partial charge in [-0.2, -0.15) is 0 Å². The number of thiazole rings is 1. The van der Waals surface area contributed by atoms with Crippen molar-refractivity contribution < 1.29 is 28.6 Å². The summed E-state index contributed by atoms with van der Waals surface area (Å²) in [6, 6.07) is 4.95. The summed E-state index contributed by atoms with van der Waals surface area (Å²) in [5.74, 6) is -0.433. The number of ether oxygens (including phenoxy) is 3. The monoisotopic (exact) mass is 377 g/mol. The lowest BCUT2D eigenvalue weighted by molar-refractivity contribution is -0.123. The Morgan fingerprint density at radius 1 is 1.23 bits per heavy atom. The summed E-state index contributed by atoms with van der Waals surface area (Å²) < 4.78 is 15.5. The number of aromatic nitrogens is 1. The number of nitrogens with zero attached hydrogens (tertiary/aromatic N) is 1. The molecule has 0 radical (unpaired) electrons. The van der Waals surface area contributed by atoms with Crippen LogP contribution < -0.4 is 20.1 Å². The fourth-order valence-electron chi connectivity index (χ4n) is 2.07. The van der Waals surface area contributed by atoms with Crippen LogP contribution in [0.15, 0.2) is 23.6 Å². The molecule has 2 heterocycles. The van der Waals surface area contributed by atoms with Crippen molar-refractivity contribution in [3.8, 4) is 11.5 Å². The molecule has 0 aliphatic carbocycles. The van der Waals surface area contributed by atoms with E-state index in [1.54, 1.807) is 18.2 Å². The molecule has 2 N–H and O–H groups in total. The summed E-state index contributed by atoms with van der Waals surface area (Å²) in [7, 11) is 0. The smallest absolute Gasteiger partial charge is 0.358 e. The quantitative estimate of drug-likeness (QED) is 0.766. The summed E-state index contributed by atoms with van der Waals surface area (Å²) in [5.41, 5.74) is 0.505. The van der Waals surface area contributed by atoms with Crippen molar-refractivity contribution in [2.24, 2.45) is 0 Å². The maximum Gasteiger partial charge on any atom is 0.358 e.